The largest absolute Gasteiger partial charge is 0.384 e. The van der Waals surface area contributed by atoms with Gasteiger partial charge in [-0.2, -0.15) is 0 Å². The Morgan fingerprint density at radius 2 is 1.94 bits per heavy atom. The lowest BCUT2D eigenvalue weighted by Gasteiger charge is -2.17. The molecule has 0 spiro atoms. The molecule has 1 aromatic rings. The van der Waals surface area contributed by atoms with Gasteiger partial charge < -0.3 is 14.8 Å². The van der Waals surface area contributed by atoms with Crippen LogP contribution in [0.1, 0.15) is 20.3 Å². The predicted molar refractivity (Wildman–Crippen MR) is 87.0 cm³/mol. The van der Waals surface area contributed by atoms with Crippen LogP contribution < -0.4 is 5.32 Å². The zero-order chi connectivity index (χ0) is 13.4. The van der Waals surface area contributed by atoms with Crippen molar-refractivity contribution >= 4 is 44.2 Å². The topological polar surface area (TPSA) is 30.5 Å². The summed E-state index contributed by atoms with van der Waals surface area (Å²) in [6.45, 7) is 6.14. The van der Waals surface area contributed by atoms with E-state index in [9.17, 15) is 0 Å². The maximum absolute atomic E-state index is 5.49. The van der Waals surface area contributed by atoms with E-state index in [0.717, 1.165) is 23.1 Å². The summed E-state index contributed by atoms with van der Waals surface area (Å²) in [6.07, 6.45) is 0.718. The first-order chi connectivity index (χ1) is 8.67. The second-order valence-electron chi connectivity index (χ2n) is 3.68. The van der Waals surface area contributed by atoms with Crippen LogP contribution in [0.25, 0.3) is 0 Å². The molecule has 0 fully saturated rings. The first kappa shape index (κ1) is 16.2. The maximum atomic E-state index is 5.49. The van der Waals surface area contributed by atoms with Gasteiger partial charge in [0.25, 0.3) is 0 Å². The van der Waals surface area contributed by atoms with E-state index in [1.165, 1.54) is 3.57 Å². The SMILES string of the molecule is CCOC(CCNc1ccc(I)cc1Br)OCC. The molecule has 0 bridgehead atoms. The lowest BCUT2D eigenvalue weighted by Crippen LogP contribution is -2.21. The summed E-state index contributed by atoms with van der Waals surface area (Å²) >= 11 is 5.84. The molecule has 0 unspecified atom stereocenters. The molecular weight excluding hydrogens is 409 g/mol. The van der Waals surface area contributed by atoms with Crippen molar-refractivity contribution in [3.63, 3.8) is 0 Å². The molecule has 1 rings (SSSR count). The van der Waals surface area contributed by atoms with Crippen molar-refractivity contribution in [1.29, 1.82) is 0 Å². The van der Waals surface area contributed by atoms with E-state index in [0.29, 0.717) is 13.2 Å². The number of halogens is 2. The van der Waals surface area contributed by atoms with E-state index in [2.05, 4.69) is 62.0 Å². The van der Waals surface area contributed by atoms with Crippen LogP contribution in [0.15, 0.2) is 22.7 Å². The highest BCUT2D eigenvalue weighted by molar-refractivity contribution is 14.1. The van der Waals surface area contributed by atoms with Gasteiger partial charge in [0, 0.05) is 39.9 Å². The van der Waals surface area contributed by atoms with E-state index >= 15 is 0 Å². The zero-order valence-corrected chi connectivity index (χ0v) is 14.5. The minimum atomic E-state index is -0.116. The highest BCUT2D eigenvalue weighted by Gasteiger charge is 2.07. The number of anilines is 1. The molecule has 0 aromatic heterocycles. The van der Waals surface area contributed by atoms with Gasteiger partial charge in [-0.1, -0.05) is 0 Å². The molecule has 0 saturated carbocycles. The summed E-state index contributed by atoms with van der Waals surface area (Å²) < 4.78 is 13.3. The van der Waals surface area contributed by atoms with Crippen molar-refractivity contribution in [1.82, 2.24) is 0 Å². The van der Waals surface area contributed by atoms with Gasteiger partial charge in [-0.05, 0) is 70.6 Å². The highest BCUT2D eigenvalue weighted by Crippen LogP contribution is 2.24. The summed E-state index contributed by atoms with van der Waals surface area (Å²) in [5.74, 6) is 0. The third-order valence-corrected chi connectivity index (χ3v) is 3.66. The summed E-state index contributed by atoms with van der Waals surface area (Å²) in [5, 5.41) is 3.38. The van der Waals surface area contributed by atoms with Crippen molar-refractivity contribution in [3.8, 4) is 0 Å². The van der Waals surface area contributed by atoms with Crippen LogP contribution in [-0.4, -0.2) is 26.0 Å². The molecule has 0 amide bonds. The minimum absolute atomic E-state index is 0.116. The Morgan fingerprint density at radius 1 is 1.28 bits per heavy atom. The normalized spacial score (nSPS) is 10.9. The van der Waals surface area contributed by atoms with Gasteiger partial charge in [0.1, 0.15) is 0 Å². The predicted octanol–water partition coefficient (Wildman–Crippen LogP) is 4.25. The van der Waals surface area contributed by atoms with Crippen LogP contribution in [0, 0.1) is 3.57 Å². The second-order valence-corrected chi connectivity index (χ2v) is 5.78. The molecule has 0 heterocycles. The molecule has 0 aliphatic rings. The Balaban J connectivity index is 2.39. The molecule has 0 radical (unpaired) electrons. The van der Waals surface area contributed by atoms with Crippen LogP contribution in [0.4, 0.5) is 5.69 Å². The Hall–Kier alpha value is 0.150. The van der Waals surface area contributed by atoms with Crippen molar-refractivity contribution in [3.05, 3.63) is 26.2 Å². The first-order valence-electron chi connectivity index (χ1n) is 6.09. The molecule has 1 N–H and O–H groups in total. The molecule has 102 valence electrons. The van der Waals surface area contributed by atoms with Crippen molar-refractivity contribution < 1.29 is 9.47 Å². The van der Waals surface area contributed by atoms with Crippen LogP contribution >= 0.6 is 38.5 Å². The molecule has 0 atom stereocenters. The monoisotopic (exact) mass is 427 g/mol. The van der Waals surface area contributed by atoms with Gasteiger partial charge in [-0.3, -0.25) is 0 Å². The van der Waals surface area contributed by atoms with Crippen LogP contribution in [0.5, 0.6) is 0 Å². The lowest BCUT2D eigenvalue weighted by molar-refractivity contribution is -0.137. The minimum Gasteiger partial charge on any atom is -0.384 e. The molecular formula is C13H19BrINO2. The molecule has 3 nitrogen and oxygen atoms in total. The van der Waals surface area contributed by atoms with Gasteiger partial charge in [0.2, 0.25) is 0 Å². The third kappa shape index (κ3) is 5.86. The molecule has 0 saturated heterocycles. The molecule has 1 aromatic carbocycles. The van der Waals surface area contributed by atoms with E-state index < -0.39 is 0 Å². The van der Waals surface area contributed by atoms with Crippen molar-refractivity contribution in [2.75, 3.05) is 25.1 Å². The lowest BCUT2D eigenvalue weighted by atomic mass is 10.3. The van der Waals surface area contributed by atoms with Crippen molar-refractivity contribution in [2.45, 2.75) is 26.6 Å². The number of rotatable bonds is 8. The van der Waals surface area contributed by atoms with Gasteiger partial charge in [0.15, 0.2) is 6.29 Å². The Morgan fingerprint density at radius 3 is 2.50 bits per heavy atom. The second kappa shape index (κ2) is 9.12. The number of nitrogens with one attached hydrogen (secondary N) is 1. The fourth-order valence-electron chi connectivity index (χ4n) is 1.54. The van der Waals surface area contributed by atoms with Crippen LogP contribution in [0.2, 0.25) is 0 Å². The number of hydrogen-bond donors (Lipinski definition) is 1. The number of ether oxygens (including phenoxy) is 2. The average molecular weight is 428 g/mol. The van der Waals surface area contributed by atoms with Gasteiger partial charge in [-0.15, -0.1) is 0 Å². The molecule has 0 aliphatic heterocycles. The van der Waals surface area contributed by atoms with E-state index in [1.807, 2.05) is 13.8 Å². The Kier molecular flexibility index (Phi) is 8.21. The van der Waals surface area contributed by atoms with Gasteiger partial charge >= 0.3 is 0 Å². The smallest absolute Gasteiger partial charge is 0.159 e. The summed E-state index contributed by atoms with van der Waals surface area (Å²) in [7, 11) is 0. The van der Waals surface area contributed by atoms with E-state index in [1.54, 1.807) is 0 Å². The number of benzene rings is 1. The maximum Gasteiger partial charge on any atom is 0.159 e. The van der Waals surface area contributed by atoms with Crippen molar-refractivity contribution in [2.24, 2.45) is 0 Å². The summed E-state index contributed by atoms with van der Waals surface area (Å²) in [4.78, 5) is 0. The third-order valence-electron chi connectivity index (χ3n) is 2.33. The first-order valence-corrected chi connectivity index (χ1v) is 7.96. The molecule has 5 heteroatoms. The molecule has 18 heavy (non-hydrogen) atoms. The zero-order valence-electron chi connectivity index (χ0n) is 10.7. The van der Waals surface area contributed by atoms with Crippen LogP contribution in [-0.2, 0) is 9.47 Å². The Labute approximate surface area is 131 Å². The quantitative estimate of drug-likeness (QED) is 0.496. The number of hydrogen-bond acceptors (Lipinski definition) is 3. The van der Waals surface area contributed by atoms with E-state index in [-0.39, 0.29) is 6.29 Å². The average Bonchev–Trinajstić information content (AvgIpc) is 2.32. The fourth-order valence-corrected chi connectivity index (χ4v) is 2.98. The summed E-state index contributed by atoms with van der Waals surface area (Å²) in [5.41, 5.74) is 1.10. The van der Waals surface area contributed by atoms with Gasteiger partial charge in [-0.25, -0.2) is 0 Å². The molecule has 0 aliphatic carbocycles. The van der Waals surface area contributed by atoms with Gasteiger partial charge in [0.05, 0.1) is 0 Å². The Bertz CT molecular complexity index is 357. The standard InChI is InChI=1S/C13H19BrINO2/c1-3-17-13(18-4-2)7-8-16-12-6-5-10(15)9-11(12)14/h5-6,9,13,16H,3-4,7-8H2,1-2H3. The summed E-state index contributed by atoms with van der Waals surface area (Å²) in [6, 6.07) is 6.24. The van der Waals surface area contributed by atoms with E-state index in [4.69, 9.17) is 9.47 Å². The highest BCUT2D eigenvalue weighted by atomic mass is 127. The van der Waals surface area contributed by atoms with Crippen LogP contribution in [0.3, 0.4) is 0 Å². The fraction of sp³-hybridized carbons (Fsp3) is 0.538.